The van der Waals surface area contributed by atoms with Crippen LogP contribution in [0.1, 0.15) is 17.9 Å². The van der Waals surface area contributed by atoms with Crippen LogP contribution in [-0.2, 0) is 9.59 Å². The number of hydrogen-bond donors (Lipinski definition) is 3. The van der Waals surface area contributed by atoms with Crippen LogP contribution < -0.4 is 5.73 Å². The van der Waals surface area contributed by atoms with E-state index in [0.717, 1.165) is 0 Å². The minimum atomic E-state index is -1.15. The van der Waals surface area contributed by atoms with E-state index < -0.39 is 24.3 Å². The van der Waals surface area contributed by atoms with Gasteiger partial charge in [0.15, 0.2) is 0 Å². The maximum atomic E-state index is 10.8. The van der Waals surface area contributed by atoms with Gasteiger partial charge in [0.05, 0.1) is 12.3 Å². The molecule has 1 atom stereocenters. The summed E-state index contributed by atoms with van der Waals surface area (Å²) in [5, 5.41) is 17.4. The Morgan fingerprint density at radius 3 is 2.13 bits per heavy atom. The number of aliphatic carboxylic acids is 2. The van der Waals surface area contributed by atoms with E-state index in [1.165, 1.54) is 12.1 Å². The first kappa shape index (κ1) is 11.0. The van der Waals surface area contributed by atoms with Gasteiger partial charge in [-0.25, -0.2) is 0 Å². The molecule has 0 radical (unpaired) electrons. The Morgan fingerprint density at radius 1 is 1.20 bits per heavy atom. The fourth-order valence-corrected chi connectivity index (χ4v) is 1.25. The van der Waals surface area contributed by atoms with Crippen LogP contribution in [0.15, 0.2) is 24.3 Å². The van der Waals surface area contributed by atoms with Gasteiger partial charge in [-0.3, -0.25) is 9.59 Å². The van der Waals surface area contributed by atoms with Crippen LogP contribution in [0.2, 0.25) is 0 Å². The normalized spacial score (nSPS) is 12.0. The fourth-order valence-electron chi connectivity index (χ4n) is 1.25. The first-order valence-corrected chi connectivity index (χ1v) is 4.30. The Hall–Kier alpha value is -2.04. The third-order valence-electron chi connectivity index (χ3n) is 2.02. The minimum absolute atomic E-state index is 0.431. The van der Waals surface area contributed by atoms with Gasteiger partial charge in [0.1, 0.15) is 0 Å². The smallest absolute Gasteiger partial charge is 0.311 e. The molecule has 0 aromatic heterocycles. The summed E-state index contributed by atoms with van der Waals surface area (Å²) in [6.07, 6.45) is -0.431. The number of carboxylic acid groups (broad SMARTS) is 2. The van der Waals surface area contributed by atoms with Gasteiger partial charge in [-0.1, -0.05) is 12.1 Å². The van der Waals surface area contributed by atoms with Crippen molar-refractivity contribution in [1.29, 1.82) is 0 Å². The van der Waals surface area contributed by atoms with Crippen LogP contribution in [0.4, 0.5) is 5.69 Å². The molecule has 0 aliphatic rings. The highest BCUT2D eigenvalue weighted by atomic mass is 16.4. The number of hydrogen-bond acceptors (Lipinski definition) is 3. The molecule has 0 bridgehead atoms. The molecule has 0 heterocycles. The van der Waals surface area contributed by atoms with E-state index >= 15 is 0 Å². The molecule has 0 aliphatic heterocycles. The molecule has 15 heavy (non-hydrogen) atoms. The number of nitrogens with two attached hydrogens (primary N) is 1. The van der Waals surface area contributed by atoms with Crippen molar-refractivity contribution in [3.8, 4) is 0 Å². The van der Waals surface area contributed by atoms with Crippen molar-refractivity contribution >= 4 is 17.6 Å². The highest BCUT2D eigenvalue weighted by molar-refractivity contribution is 5.82. The Morgan fingerprint density at radius 2 is 1.73 bits per heavy atom. The zero-order valence-corrected chi connectivity index (χ0v) is 7.88. The van der Waals surface area contributed by atoms with Crippen LogP contribution in [-0.4, -0.2) is 22.2 Å². The molecule has 4 N–H and O–H groups in total. The maximum absolute atomic E-state index is 10.8. The summed E-state index contributed by atoms with van der Waals surface area (Å²) < 4.78 is 0. The second kappa shape index (κ2) is 4.45. The Bertz CT molecular complexity index is 372. The van der Waals surface area contributed by atoms with Crippen molar-refractivity contribution in [1.82, 2.24) is 0 Å². The first-order chi connectivity index (χ1) is 7.00. The van der Waals surface area contributed by atoms with E-state index in [0.29, 0.717) is 11.3 Å². The third-order valence-corrected chi connectivity index (χ3v) is 2.02. The summed E-state index contributed by atoms with van der Waals surface area (Å²) >= 11 is 0. The largest absolute Gasteiger partial charge is 0.481 e. The first-order valence-electron chi connectivity index (χ1n) is 4.30. The molecular weight excluding hydrogens is 198 g/mol. The van der Waals surface area contributed by atoms with Crippen molar-refractivity contribution in [3.05, 3.63) is 29.8 Å². The molecule has 0 unspecified atom stereocenters. The summed E-state index contributed by atoms with van der Waals surface area (Å²) in [5.74, 6) is -3.32. The number of anilines is 1. The van der Waals surface area contributed by atoms with Crippen LogP contribution in [0.3, 0.4) is 0 Å². The standard InChI is InChI=1S/C10H11NO4/c11-7-3-1-6(2-4-7)8(10(14)15)5-9(12)13/h1-4,8H,5,11H2,(H,12,13)(H,14,15)/t8-/m0/s1. The molecule has 5 nitrogen and oxygen atoms in total. The average molecular weight is 209 g/mol. The maximum Gasteiger partial charge on any atom is 0.311 e. The van der Waals surface area contributed by atoms with Gasteiger partial charge in [0, 0.05) is 5.69 Å². The zero-order valence-electron chi connectivity index (χ0n) is 7.88. The van der Waals surface area contributed by atoms with Gasteiger partial charge in [-0.15, -0.1) is 0 Å². The minimum Gasteiger partial charge on any atom is -0.481 e. The summed E-state index contributed by atoms with van der Waals surface area (Å²) in [7, 11) is 0. The topological polar surface area (TPSA) is 101 Å². The molecule has 5 heteroatoms. The Balaban J connectivity index is 2.94. The van der Waals surface area contributed by atoms with E-state index in [4.69, 9.17) is 15.9 Å². The molecule has 0 saturated heterocycles. The van der Waals surface area contributed by atoms with Gasteiger partial charge >= 0.3 is 11.9 Å². The summed E-state index contributed by atoms with van der Waals surface area (Å²) in [5.41, 5.74) is 6.40. The van der Waals surface area contributed by atoms with E-state index in [9.17, 15) is 9.59 Å². The van der Waals surface area contributed by atoms with E-state index in [-0.39, 0.29) is 0 Å². The molecule has 0 aliphatic carbocycles. The lowest BCUT2D eigenvalue weighted by Crippen LogP contribution is -2.15. The molecule has 1 aromatic carbocycles. The van der Waals surface area contributed by atoms with Crippen LogP contribution >= 0.6 is 0 Å². The SMILES string of the molecule is Nc1ccc([C@H](CC(=O)O)C(=O)O)cc1. The summed E-state index contributed by atoms with van der Waals surface area (Å²) in [6, 6.07) is 6.15. The van der Waals surface area contributed by atoms with E-state index in [1.54, 1.807) is 12.1 Å². The Kier molecular flexibility index (Phi) is 3.28. The lowest BCUT2D eigenvalue weighted by Gasteiger charge is -2.09. The lowest BCUT2D eigenvalue weighted by atomic mass is 9.96. The van der Waals surface area contributed by atoms with Gasteiger partial charge in [-0.05, 0) is 17.7 Å². The second-order valence-corrected chi connectivity index (χ2v) is 3.16. The highest BCUT2D eigenvalue weighted by Crippen LogP contribution is 2.21. The summed E-state index contributed by atoms with van der Waals surface area (Å²) in [6.45, 7) is 0. The molecule has 0 amide bonds. The predicted molar refractivity (Wildman–Crippen MR) is 53.5 cm³/mol. The number of carbonyl (C=O) groups is 2. The quantitative estimate of drug-likeness (QED) is 0.640. The van der Waals surface area contributed by atoms with Gasteiger partial charge < -0.3 is 15.9 Å². The van der Waals surface area contributed by atoms with Crippen molar-refractivity contribution in [2.75, 3.05) is 5.73 Å². The molecule has 1 aromatic rings. The highest BCUT2D eigenvalue weighted by Gasteiger charge is 2.22. The molecule has 80 valence electrons. The molecule has 0 fully saturated rings. The monoisotopic (exact) mass is 209 g/mol. The van der Waals surface area contributed by atoms with Gasteiger partial charge in [0.25, 0.3) is 0 Å². The van der Waals surface area contributed by atoms with Crippen LogP contribution in [0, 0.1) is 0 Å². The zero-order chi connectivity index (χ0) is 11.4. The number of rotatable bonds is 4. The molecule has 1 rings (SSSR count). The van der Waals surface area contributed by atoms with E-state index in [2.05, 4.69) is 0 Å². The van der Waals surface area contributed by atoms with Crippen molar-refractivity contribution in [3.63, 3.8) is 0 Å². The van der Waals surface area contributed by atoms with Gasteiger partial charge in [0.2, 0.25) is 0 Å². The molecule has 0 spiro atoms. The van der Waals surface area contributed by atoms with Crippen molar-refractivity contribution in [2.24, 2.45) is 0 Å². The van der Waals surface area contributed by atoms with Crippen molar-refractivity contribution < 1.29 is 19.8 Å². The number of benzene rings is 1. The van der Waals surface area contributed by atoms with Crippen LogP contribution in [0.5, 0.6) is 0 Å². The van der Waals surface area contributed by atoms with Crippen LogP contribution in [0.25, 0.3) is 0 Å². The Labute approximate surface area is 86.1 Å². The number of carboxylic acids is 2. The predicted octanol–water partition coefficient (Wildman–Crippen LogP) is 0.912. The lowest BCUT2D eigenvalue weighted by molar-refractivity contribution is -0.145. The van der Waals surface area contributed by atoms with Crippen molar-refractivity contribution in [2.45, 2.75) is 12.3 Å². The van der Waals surface area contributed by atoms with E-state index in [1.807, 2.05) is 0 Å². The average Bonchev–Trinajstić information content (AvgIpc) is 2.15. The molecule has 0 saturated carbocycles. The van der Waals surface area contributed by atoms with Gasteiger partial charge in [-0.2, -0.15) is 0 Å². The molecular formula is C10H11NO4. The third kappa shape index (κ3) is 2.98. The fraction of sp³-hybridized carbons (Fsp3) is 0.200. The second-order valence-electron chi connectivity index (χ2n) is 3.16. The number of nitrogen functional groups attached to an aromatic ring is 1. The summed E-state index contributed by atoms with van der Waals surface area (Å²) in [4.78, 5) is 21.3.